The summed E-state index contributed by atoms with van der Waals surface area (Å²) in [4.78, 5) is 24.6. The lowest BCUT2D eigenvalue weighted by atomic mass is 10.1. The third kappa shape index (κ3) is 4.72. The van der Waals surface area contributed by atoms with Crippen LogP contribution in [0.15, 0.2) is 53.3 Å². The largest absolute Gasteiger partial charge is 0.495 e. The number of halogens is 2. The molecule has 1 amide bonds. The molecule has 0 saturated heterocycles. The number of hydrogen-bond acceptors (Lipinski definition) is 5. The lowest BCUT2D eigenvalue weighted by Crippen LogP contribution is -2.29. The molecule has 1 aromatic heterocycles. The molecule has 0 aliphatic carbocycles. The van der Waals surface area contributed by atoms with Gasteiger partial charge in [-0.1, -0.05) is 11.6 Å². The maximum atomic E-state index is 13.1. The number of carbonyl (C=O) groups is 1. The van der Waals surface area contributed by atoms with Crippen molar-refractivity contribution >= 4 is 23.2 Å². The molecule has 0 saturated carbocycles. The molecule has 0 fully saturated rings. The molecule has 1 N–H and O–H groups in total. The molecule has 0 aliphatic heterocycles. The van der Waals surface area contributed by atoms with Crippen LogP contribution in [0.5, 0.6) is 11.5 Å². The Hall–Kier alpha value is -3.39. The van der Waals surface area contributed by atoms with Gasteiger partial charge in [-0.3, -0.25) is 9.59 Å². The van der Waals surface area contributed by atoms with E-state index in [2.05, 4.69) is 10.4 Å². The second kappa shape index (κ2) is 8.74. The van der Waals surface area contributed by atoms with Gasteiger partial charge in [-0.05, 0) is 36.4 Å². The molecule has 0 unspecified atom stereocenters. The maximum Gasteiger partial charge on any atom is 0.267 e. The number of carbonyl (C=O) groups excluding carboxylic acids is 1. The van der Waals surface area contributed by atoms with E-state index in [0.717, 1.165) is 4.68 Å². The Morgan fingerprint density at radius 1 is 1.10 bits per heavy atom. The molecular weight excluding hydrogens is 401 g/mol. The molecule has 3 aromatic rings. The van der Waals surface area contributed by atoms with E-state index in [1.165, 1.54) is 62.8 Å². The van der Waals surface area contributed by atoms with E-state index in [4.69, 9.17) is 21.1 Å². The van der Waals surface area contributed by atoms with E-state index in [0.29, 0.717) is 28.4 Å². The monoisotopic (exact) mass is 417 g/mol. The van der Waals surface area contributed by atoms with Crippen molar-refractivity contribution in [1.29, 1.82) is 0 Å². The average Bonchev–Trinajstić information content (AvgIpc) is 2.70. The number of nitrogens with zero attached hydrogens (tertiary/aromatic N) is 2. The van der Waals surface area contributed by atoms with E-state index in [-0.39, 0.29) is 17.4 Å². The molecule has 29 heavy (non-hydrogen) atoms. The predicted octanol–water partition coefficient (Wildman–Crippen LogP) is 3.36. The van der Waals surface area contributed by atoms with Crippen molar-refractivity contribution in [3.05, 3.63) is 69.7 Å². The minimum atomic E-state index is -0.504. The van der Waals surface area contributed by atoms with Crippen molar-refractivity contribution in [3.63, 3.8) is 0 Å². The van der Waals surface area contributed by atoms with Gasteiger partial charge in [-0.15, -0.1) is 0 Å². The van der Waals surface area contributed by atoms with Gasteiger partial charge in [-0.25, -0.2) is 9.07 Å². The summed E-state index contributed by atoms with van der Waals surface area (Å²) in [6.07, 6.45) is 0. The van der Waals surface area contributed by atoms with Crippen LogP contribution in [0.1, 0.15) is 0 Å². The van der Waals surface area contributed by atoms with Crippen molar-refractivity contribution in [2.75, 3.05) is 19.5 Å². The van der Waals surface area contributed by atoms with Crippen molar-refractivity contribution < 1.29 is 18.7 Å². The number of hydrogen-bond donors (Lipinski definition) is 1. The lowest BCUT2D eigenvalue weighted by Gasteiger charge is -2.13. The van der Waals surface area contributed by atoms with Crippen LogP contribution in [0.25, 0.3) is 11.3 Å². The first-order valence-electron chi connectivity index (χ1n) is 8.46. The summed E-state index contributed by atoms with van der Waals surface area (Å²) in [5.41, 5.74) is 0.920. The molecule has 2 aromatic carbocycles. The molecule has 3 rings (SSSR count). The Balaban J connectivity index is 1.82. The fourth-order valence-electron chi connectivity index (χ4n) is 2.62. The molecule has 0 bridgehead atoms. The summed E-state index contributed by atoms with van der Waals surface area (Å²) in [7, 11) is 2.90. The highest BCUT2D eigenvalue weighted by atomic mass is 35.5. The molecule has 1 heterocycles. The second-order valence-corrected chi connectivity index (χ2v) is 6.36. The van der Waals surface area contributed by atoms with Crippen molar-refractivity contribution in [1.82, 2.24) is 9.78 Å². The summed E-state index contributed by atoms with van der Waals surface area (Å²) >= 11 is 6.10. The fraction of sp³-hybridized carbons (Fsp3) is 0.150. The van der Waals surface area contributed by atoms with E-state index < -0.39 is 11.5 Å². The minimum Gasteiger partial charge on any atom is -0.495 e. The molecule has 7 nitrogen and oxygen atoms in total. The number of benzene rings is 2. The highest BCUT2D eigenvalue weighted by Crippen LogP contribution is 2.35. The zero-order valence-corrected chi connectivity index (χ0v) is 16.4. The molecule has 0 radical (unpaired) electrons. The Kier molecular flexibility index (Phi) is 6.13. The van der Waals surface area contributed by atoms with Gasteiger partial charge in [0, 0.05) is 17.7 Å². The fourth-order valence-corrected chi connectivity index (χ4v) is 2.86. The van der Waals surface area contributed by atoms with Crippen LogP contribution in [0.4, 0.5) is 10.1 Å². The number of aromatic nitrogens is 2. The zero-order valence-electron chi connectivity index (χ0n) is 15.6. The number of amides is 1. The normalized spacial score (nSPS) is 10.5. The van der Waals surface area contributed by atoms with Crippen molar-refractivity contribution in [3.8, 4) is 22.8 Å². The standard InChI is InChI=1S/C20H17ClFN3O4/c1-28-17-10-18(29-2)16(9-14(17)21)23-19(26)11-25-20(27)8-7-15(24-25)12-3-5-13(22)6-4-12/h3-10H,11H2,1-2H3,(H,23,26). The topological polar surface area (TPSA) is 82.4 Å². The Morgan fingerprint density at radius 2 is 1.79 bits per heavy atom. The van der Waals surface area contributed by atoms with E-state index >= 15 is 0 Å². The van der Waals surface area contributed by atoms with Crippen LogP contribution >= 0.6 is 11.6 Å². The summed E-state index contributed by atoms with van der Waals surface area (Å²) in [5.74, 6) is -0.143. The number of methoxy groups -OCH3 is 2. The Labute approximate surface area is 170 Å². The lowest BCUT2D eigenvalue weighted by molar-refractivity contribution is -0.117. The smallest absolute Gasteiger partial charge is 0.267 e. The van der Waals surface area contributed by atoms with Crippen LogP contribution in [0.2, 0.25) is 5.02 Å². The summed E-state index contributed by atoms with van der Waals surface area (Å²) in [6.45, 7) is -0.333. The Bertz CT molecular complexity index is 1100. The summed E-state index contributed by atoms with van der Waals surface area (Å²) in [5, 5.41) is 7.12. The van der Waals surface area contributed by atoms with E-state index in [1.54, 1.807) is 0 Å². The molecule has 150 valence electrons. The van der Waals surface area contributed by atoms with Gasteiger partial charge in [0.25, 0.3) is 5.56 Å². The maximum absolute atomic E-state index is 13.1. The van der Waals surface area contributed by atoms with Gasteiger partial charge < -0.3 is 14.8 Å². The molecule has 0 atom stereocenters. The van der Waals surface area contributed by atoms with E-state index in [9.17, 15) is 14.0 Å². The van der Waals surface area contributed by atoms with Gasteiger partial charge in [0.2, 0.25) is 5.91 Å². The number of ether oxygens (including phenoxy) is 2. The van der Waals surface area contributed by atoms with Crippen molar-refractivity contribution in [2.24, 2.45) is 0 Å². The highest BCUT2D eigenvalue weighted by Gasteiger charge is 2.14. The highest BCUT2D eigenvalue weighted by molar-refractivity contribution is 6.32. The predicted molar refractivity (Wildman–Crippen MR) is 107 cm³/mol. The van der Waals surface area contributed by atoms with Crippen LogP contribution in [-0.2, 0) is 11.3 Å². The zero-order chi connectivity index (χ0) is 21.0. The van der Waals surface area contributed by atoms with Gasteiger partial charge in [0.1, 0.15) is 23.9 Å². The van der Waals surface area contributed by atoms with Crippen LogP contribution in [-0.4, -0.2) is 29.9 Å². The van der Waals surface area contributed by atoms with Crippen molar-refractivity contribution in [2.45, 2.75) is 6.54 Å². The SMILES string of the molecule is COc1cc(OC)c(NC(=O)Cn2nc(-c3ccc(F)cc3)ccc2=O)cc1Cl. The second-order valence-electron chi connectivity index (χ2n) is 5.96. The first-order valence-corrected chi connectivity index (χ1v) is 8.84. The van der Waals surface area contributed by atoms with Gasteiger partial charge in [0.05, 0.1) is 30.6 Å². The van der Waals surface area contributed by atoms with Crippen LogP contribution in [0, 0.1) is 5.82 Å². The van der Waals surface area contributed by atoms with Gasteiger partial charge in [-0.2, -0.15) is 5.10 Å². The first kappa shape index (κ1) is 20.3. The minimum absolute atomic E-state index is 0.289. The van der Waals surface area contributed by atoms with Crippen LogP contribution < -0.4 is 20.3 Å². The van der Waals surface area contributed by atoms with Crippen LogP contribution in [0.3, 0.4) is 0 Å². The first-order chi connectivity index (χ1) is 13.9. The molecule has 0 aliphatic rings. The molecule has 9 heteroatoms. The molecular formula is C20H17ClFN3O4. The quantitative estimate of drug-likeness (QED) is 0.665. The third-order valence-corrected chi connectivity index (χ3v) is 4.34. The third-order valence-electron chi connectivity index (χ3n) is 4.05. The average molecular weight is 418 g/mol. The molecule has 0 spiro atoms. The number of anilines is 1. The van der Waals surface area contributed by atoms with Gasteiger partial charge >= 0.3 is 0 Å². The number of nitrogens with one attached hydrogen (secondary N) is 1. The summed E-state index contributed by atoms with van der Waals surface area (Å²) < 4.78 is 24.5. The summed E-state index contributed by atoms with van der Waals surface area (Å²) in [6, 6.07) is 11.5. The van der Waals surface area contributed by atoms with E-state index in [1.807, 2.05) is 0 Å². The number of rotatable bonds is 6. The Morgan fingerprint density at radius 3 is 2.45 bits per heavy atom. The van der Waals surface area contributed by atoms with Gasteiger partial charge in [0.15, 0.2) is 0 Å².